The molecule has 0 amide bonds. The Labute approximate surface area is 176 Å². The summed E-state index contributed by atoms with van der Waals surface area (Å²) >= 11 is 1.72. The van der Waals surface area contributed by atoms with Gasteiger partial charge in [0, 0.05) is 55.2 Å². The van der Waals surface area contributed by atoms with Gasteiger partial charge >= 0.3 is 0 Å². The molecule has 156 valence electrons. The summed E-state index contributed by atoms with van der Waals surface area (Å²) in [5.74, 6) is 0.652. The molecule has 0 spiro atoms. The second kappa shape index (κ2) is 9.39. The van der Waals surface area contributed by atoms with Crippen molar-refractivity contribution in [2.75, 3.05) is 26.4 Å². The normalized spacial score (nSPS) is 15.8. The number of nitrogens with zero attached hydrogens (tertiary/aromatic N) is 3. The van der Waals surface area contributed by atoms with Gasteiger partial charge in [0.05, 0.1) is 18.0 Å². The first kappa shape index (κ1) is 20.5. The molecular formula is C23H31N3O2S. The van der Waals surface area contributed by atoms with E-state index < -0.39 is 0 Å². The number of fused-ring (bicyclic) bond motifs is 1. The molecule has 4 rings (SSSR count). The molecule has 1 N–H and O–H groups in total. The summed E-state index contributed by atoms with van der Waals surface area (Å²) in [5.41, 5.74) is 3.58. The van der Waals surface area contributed by atoms with E-state index in [1.54, 1.807) is 11.3 Å². The summed E-state index contributed by atoms with van der Waals surface area (Å²) in [6.45, 7) is 8.71. The number of rotatable bonds is 8. The van der Waals surface area contributed by atoms with Crippen LogP contribution in [0.5, 0.6) is 0 Å². The van der Waals surface area contributed by atoms with Crippen LogP contribution in [0.4, 0.5) is 0 Å². The molecule has 5 nitrogen and oxygen atoms in total. The topological polar surface area (TPSA) is 50.5 Å². The second-order valence-electron chi connectivity index (χ2n) is 8.19. The van der Waals surface area contributed by atoms with Crippen molar-refractivity contribution in [2.45, 2.75) is 45.8 Å². The molecule has 0 atom stereocenters. The molecular weight excluding hydrogens is 382 g/mol. The number of aliphatic hydroxyl groups excluding tert-OH is 1. The minimum atomic E-state index is 0.175. The van der Waals surface area contributed by atoms with E-state index in [4.69, 9.17) is 9.72 Å². The first-order valence-corrected chi connectivity index (χ1v) is 11.5. The summed E-state index contributed by atoms with van der Waals surface area (Å²) in [6.07, 6.45) is 2.25. The zero-order valence-corrected chi connectivity index (χ0v) is 18.2. The predicted octanol–water partition coefficient (Wildman–Crippen LogP) is 4.39. The van der Waals surface area contributed by atoms with Gasteiger partial charge in [-0.25, -0.2) is 4.98 Å². The van der Waals surface area contributed by atoms with Crippen molar-refractivity contribution in [3.63, 3.8) is 0 Å². The molecule has 0 bridgehead atoms. The number of ether oxygens (including phenoxy) is 1. The first-order chi connectivity index (χ1) is 14.2. The van der Waals surface area contributed by atoms with Gasteiger partial charge in [-0.1, -0.05) is 18.2 Å². The highest BCUT2D eigenvalue weighted by Crippen LogP contribution is 2.32. The monoisotopic (exact) mass is 413 g/mol. The molecule has 29 heavy (non-hydrogen) atoms. The van der Waals surface area contributed by atoms with E-state index in [0.29, 0.717) is 18.5 Å². The molecule has 3 heterocycles. The molecule has 0 radical (unpaired) electrons. The van der Waals surface area contributed by atoms with Crippen LogP contribution in [0.1, 0.15) is 32.4 Å². The average molecular weight is 414 g/mol. The Hall–Kier alpha value is -1.73. The van der Waals surface area contributed by atoms with E-state index in [1.807, 2.05) is 0 Å². The lowest BCUT2D eigenvalue weighted by Gasteiger charge is -2.24. The quantitative estimate of drug-likeness (QED) is 0.595. The van der Waals surface area contributed by atoms with Crippen molar-refractivity contribution in [1.82, 2.24) is 14.5 Å². The first-order valence-electron chi connectivity index (χ1n) is 10.6. The number of thiazole rings is 1. The number of hydrogen-bond donors (Lipinski definition) is 1. The van der Waals surface area contributed by atoms with E-state index >= 15 is 0 Å². The van der Waals surface area contributed by atoms with E-state index in [1.165, 1.54) is 16.6 Å². The zero-order chi connectivity index (χ0) is 20.2. The van der Waals surface area contributed by atoms with Crippen LogP contribution < -0.4 is 0 Å². The average Bonchev–Trinajstić information content (AvgIpc) is 3.33. The minimum Gasteiger partial charge on any atom is -0.395 e. The number of aromatic nitrogens is 2. The molecule has 1 aromatic carbocycles. The molecule has 0 saturated carbocycles. The van der Waals surface area contributed by atoms with Crippen LogP contribution >= 0.6 is 11.3 Å². The molecule has 0 aliphatic carbocycles. The van der Waals surface area contributed by atoms with E-state index in [0.717, 1.165) is 49.8 Å². The van der Waals surface area contributed by atoms with Crippen LogP contribution in [0.25, 0.3) is 21.6 Å². The van der Waals surface area contributed by atoms with Gasteiger partial charge in [0.2, 0.25) is 0 Å². The van der Waals surface area contributed by atoms with E-state index in [9.17, 15) is 5.11 Å². The molecule has 1 fully saturated rings. The molecule has 2 aromatic heterocycles. The summed E-state index contributed by atoms with van der Waals surface area (Å²) < 4.78 is 8.02. The largest absolute Gasteiger partial charge is 0.395 e. The van der Waals surface area contributed by atoms with Crippen LogP contribution in [-0.4, -0.2) is 52.0 Å². The predicted molar refractivity (Wildman–Crippen MR) is 119 cm³/mol. The van der Waals surface area contributed by atoms with E-state index in [2.05, 4.69) is 59.0 Å². The third-order valence-electron chi connectivity index (χ3n) is 5.85. The van der Waals surface area contributed by atoms with Gasteiger partial charge in [-0.3, -0.25) is 4.90 Å². The maximum Gasteiger partial charge on any atom is 0.140 e. The molecule has 1 aliphatic heterocycles. The van der Waals surface area contributed by atoms with Crippen molar-refractivity contribution in [3.05, 3.63) is 41.4 Å². The van der Waals surface area contributed by atoms with Crippen LogP contribution in [0, 0.1) is 5.92 Å². The van der Waals surface area contributed by atoms with Crippen molar-refractivity contribution < 1.29 is 9.84 Å². The van der Waals surface area contributed by atoms with Crippen LogP contribution in [0.15, 0.2) is 35.7 Å². The summed E-state index contributed by atoms with van der Waals surface area (Å²) in [7, 11) is 0. The summed E-state index contributed by atoms with van der Waals surface area (Å²) in [4.78, 5) is 7.24. The number of para-hydroxylation sites is 1. The Morgan fingerprint density at radius 1 is 1.28 bits per heavy atom. The highest BCUT2D eigenvalue weighted by atomic mass is 32.1. The third kappa shape index (κ3) is 4.72. The van der Waals surface area contributed by atoms with Gasteiger partial charge in [0.15, 0.2) is 0 Å². The Morgan fingerprint density at radius 3 is 2.83 bits per heavy atom. The molecule has 6 heteroatoms. The maximum atomic E-state index is 9.35. The van der Waals surface area contributed by atoms with Crippen molar-refractivity contribution in [3.8, 4) is 10.7 Å². The number of hydrogen-bond acceptors (Lipinski definition) is 5. The van der Waals surface area contributed by atoms with E-state index in [-0.39, 0.29) is 6.61 Å². The second-order valence-corrected chi connectivity index (χ2v) is 9.04. The van der Waals surface area contributed by atoms with Gasteiger partial charge in [0.25, 0.3) is 0 Å². The molecule has 0 unspecified atom stereocenters. The summed E-state index contributed by atoms with van der Waals surface area (Å²) in [6, 6.07) is 11.3. The number of aliphatic hydroxyl groups is 1. The van der Waals surface area contributed by atoms with Gasteiger partial charge in [0.1, 0.15) is 5.01 Å². The van der Waals surface area contributed by atoms with Gasteiger partial charge in [-0.2, -0.15) is 0 Å². The van der Waals surface area contributed by atoms with Gasteiger partial charge in [-0.05, 0) is 44.7 Å². The maximum absolute atomic E-state index is 9.35. The lowest BCUT2D eigenvalue weighted by Crippen LogP contribution is -2.33. The fourth-order valence-electron chi connectivity index (χ4n) is 4.13. The van der Waals surface area contributed by atoms with Crippen LogP contribution in [0.2, 0.25) is 0 Å². The van der Waals surface area contributed by atoms with Gasteiger partial charge in [-0.15, -0.1) is 11.3 Å². The lowest BCUT2D eigenvalue weighted by molar-refractivity contribution is 0.0617. The summed E-state index contributed by atoms with van der Waals surface area (Å²) in [5, 5.41) is 13.9. The molecule has 1 saturated heterocycles. The SMILES string of the molecule is CC(C)N(CCO)Cc1csc(-c2cc3ccccc3n2CC2CCOCC2)n1. The lowest BCUT2D eigenvalue weighted by atomic mass is 10.0. The third-order valence-corrected chi connectivity index (χ3v) is 6.76. The Balaban J connectivity index is 1.63. The van der Waals surface area contributed by atoms with Crippen LogP contribution in [-0.2, 0) is 17.8 Å². The Morgan fingerprint density at radius 2 is 2.07 bits per heavy atom. The van der Waals surface area contributed by atoms with Crippen molar-refractivity contribution in [2.24, 2.45) is 5.92 Å². The molecule has 1 aliphatic rings. The Kier molecular flexibility index (Phi) is 6.65. The van der Waals surface area contributed by atoms with Gasteiger partial charge < -0.3 is 14.4 Å². The standard InChI is InChI=1S/C23H31N3O2S/c1-17(2)25(9-10-27)15-20-16-29-23(24-20)22-13-19-5-3-4-6-21(19)26(22)14-18-7-11-28-12-8-18/h3-6,13,16-18,27H,7-12,14-15H2,1-2H3. The molecule has 3 aromatic rings. The zero-order valence-electron chi connectivity index (χ0n) is 17.4. The number of benzene rings is 1. The minimum absolute atomic E-state index is 0.175. The fraction of sp³-hybridized carbons (Fsp3) is 0.522. The smallest absolute Gasteiger partial charge is 0.140 e. The van der Waals surface area contributed by atoms with Crippen molar-refractivity contribution >= 4 is 22.2 Å². The highest BCUT2D eigenvalue weighted by molar-refractivity contribution is 7.13. The fourth-order valence-corrected chi connectivity index (χ4v) is 4.96. The Bertz CT molecular complexity index is 927. The van der Waals surface area contributed by atoms with Crippen LogP contribution in [0.3, 0.4) is 0 Å². The van der Waals surface area contributed by atoms with Crippen molar-refractivity contribution in [1.29, 1.82) is 0 Å². The highest BCUT2D eigenvalue weighted by Gasteiger charge is 2.20.